The van der Waals surface area contributed by atoms with E-state index < -0.39 is 9.84 Å². The Morgan fingerprint density at radius 1 is 1.33 bits per heavy atom. The first kappa shape index (κ1) is 17.9. The number of carbonyl (C=O) groups is 1. The second kappa shape index (κ2) is 7.77. The Hall–Kier alpha value is -1.11. The molecule has 0 aromatic heterocycles. The molecule has 0 spiro atoms. The molecule has 2 rings (SSSR count). The highest BCUT2D eigenvalue weighted by Crippen LogP contribution is 2.12. The molecule has 0 bridgehead atoms. The van der Waals surface area contributed by atoms with Gasteiger partial charge in [0.25, 0.3) is 0 Å². The lowest BCUT2D eigenvalue weighted by atomic mass is 9.99. The van der Waals surface area contributed by atoms with Gasteiger partial charge >= 0.3 is 0 Å². The van der Waals surface area contributed by atoms with Crippen LogP contribution in [-0.4, -0.2) is 33.7 Å². The number of hydrogen-bond donors (Lipinski definition) is 2. The first-order valence-corrected chi connectivity index (χ1v) is 8.63. The summed E-state index contributed by atoms with van der Waals surface area (Å²) in [6.45, 7) is 2.15. The van der Waals surface area contributed by atoms with Crippen LogP contribution in [0.5, 0.6) is 0 Å². The lowest BCUT2D eigenvalue weighted by Crippen LogP contribution is -2.40. The quantitative estimate of drug-likeness (QED) is 0.866. The standard InChI is InChI=1S/C14H20N2O3S.ClH/c1-20(18,19)13-6-4-11(5-7-13)9-16-14(17)12-3-2-8-15-10-12;/h4-7,12,15H,2-3,8-10H2,1H3,(H,16,17);1H. The van der Waals surface area contributed by atoms with E-state index in [0.717, 1.165) is 31.5 Å². The van der Waals surface area contributed by atoms with Crippen LogP contribution < -0.4 is 10.6 Å². The summed E-state index contributed by atoms with van der Waals surface area (Å²) in [6.07, 6.45) is 3.13. The van der Waals surface area contributed by atoms with Crippen molar-refractivity contribution in [1.82, 2.24) is 10.6 Å². The highest BCUT2D eigenvalue weighted by atomic mass is 35.5. The third-order valence-corrected chi connectivity index (χ3v) is 4.61. The fourth-order valence-electron chi connectivity index (χ4n) is 2.26. The Kier molecular flexibility index (Phi) is 6.64. The third kappa shape index (κ3) is 5.30. The number of hydrogen-bond acceptors (Lipinski definition) is 4. The normalized spacial score (nSPS) is 18.6. The first-order valence-electron chi connectivity index (χ1n) is 6.74. The monoisotopic (exact) mass is 332 g/mol. The average molecular weight is 333 g/mol. The number of amides is 1. The van der Waals surface area contributed by atoms with Crippen LogP contribution in [-0.2, 0) is 21.2 Å². The number of halogens is 1. The molecular weight excluding hydrogens is 312 g/mol. The smallest absolute Gasteiger partial charge is 0.224 e. The van der Waals surface area contributed by atoms with E-state index in [1.165, 1.54) is 6.26 Å². The summed E-state index contributed by atoms with van der Waals surface area (Å²) in [5.74, 6) is 0.100. The fourth-order valence-corrected chi connectivity index (χ4v) is 2.89. The van der Waals surface area contributed by atoms with Gasteiger partial charge in [-0.05, 0) is 37.1 Å². The summed E-state index contributed by atoms with van der Waals surface area (Å²) in [5, 5.41) is 6.11. The fraction of sp³-hybridized carbons (Fsp3) is 0.500. The molecule has 1 amide bonds. The molecule has 1 aromatic carbocycles. The molecular formula is C14H21ClN2O3S. The third-order valence-electron chi connectivity index (χ3n) is 3.49. The van der Waals surface area contributed by atoms with E-state index in [0.29, 0.717) is 11.4 Å². The molecule has 1 fully saturated rings. The highest BCUT2D eigenvalue weighted by molar-refractivity contribution is 7.90. The lowest BCUT2D eigenvalue weighted by molar-refractivity contribution is -0.125. The summed E-state index contributed by atoms with van der Waals surface area (Å²) in [5.41, 5.74) is 0.898. The van der Waals surface area contributed by atoms with E-state index in [1.54, 1.807) is 24.3 Å². The molecule has 0 radical (unpaired) electrons. The molecule has 1 atom stereocenters. The molecule has 1 heterocycles. The van der Waals surface area contributed by atoms with Crippen LogP contribution in [0.4, 0.5) is 0 Å². The van der Waals surface area contributed by atoms with Crippen LogP contribution in [0.3, 0.4) is 0 Å². The van der Waals surface area contributed by atoms with Gasteiger partial charge in [-0.15, -0.1) is 12.4 Å². The Labute approximate surface area is 131 Å². The second-order valence-corrected chi connectivity index (χ2v) is 7.19. The number of benzene rings is 1. The van der Waals surface area contributed by atoms with E-state index >= 15 is 0 Å². The van der Waals surface area contributed by atoms with Crippen molar-refractivity contribution in [3.05, 3.63) is 29.8 Å². The maximum atomic E-state index is 12.0. The van der Waals surface area contributed by atoms with E-state index in [2.05, 4.69) is 10.6 Å². The SMILES string of the molecule is CS(=O)(=O)c1ccc(CNC(=O)C2CCCNC2)cc1.Cl. The van der Waals surface area contributed by atoms with Crippen molar-refractivity contribution >= 4 is 28.2 Å². The predicted molar refractivity (Wildman–Crippen MR) is 84.2 cm³/mol. The van der Waals surface area contributed by atoms with Crippen molar-refractivity contribution in [3.63, 3.8) is 0 Å². The van der Waals surface area contributed by atoms with Crippen molar-refractivity contribution in [3.8, 4) is 0 Å². The molecule has 118 valence electrons. The predicted octanol–water partition coefficient (Wildman–Crippen LogP) is 1.13. The zero-order valence-corrected chi connectivity index (χ0v) is 13.6. The summed E-state index contributed by atoms with van der Waals surface area (Å²) >= 11 is 0. The van der Waals surface area contributed by atoms with Crippen molar-refractivity contribution < 1.29 is 13.2 Å². The lowest BCUT2D eigenvalue weighted by Gasteiger charge is -2.21. The first-order chi connectivity index (χ1) is 9.47. The van der Waals surface area contributed by atoms with Gasteiger partial charge in [0.2, 0.25) is 5.91 Å². The van der Waals surface area contributed by atoms with Gasteiger partial charge in [-0.1, -0.05) is 12.1 Å². The van der Waals surface area contributed by atoms with Crippen LogP contribution in [0.25, 0.3) is 0 Å². The highest BCUT2D eigenvalue weighted by Gasteiger charge is 2.20. The molecule has 0 saturated carbocycles. The van der Waals surface area contributed by atoms with Gasteiger partial charge in [0.05, 0.1) is 10.8 Å². The van der Waals surface area contributed by atoms with Crippen LogP contribution in [0.15, 0.2) is 29.2 Å². The molecule has 0 aliphatic carbocycles. The summed E-state index contributed by atoms with van der Waals surface area (Å²) in [4.78, 5) is 12.2. The van der Waals surface area contributed by atoms with Crippen LogP contribution in [0.2, 0.25) is 0 Å². The van der Waals surface area contributed by atoms with Gasteiger partial charge in [0, 0.05) is 19.3 Å². The van der Waals surface area contributed by atoms with E-state index in [-0.39, 0.29) is 24.2 Å². The van der Waals surface area contributed by atoms with E-state index in [4.69, 9.17) is 0 Å². The molecule has 1 aromatic rings. The molecule has 2 N–H and O–H groups in total. The van der Waals surface area contributed by atoms with Crippen LogP contribution in [0.1, 0.15) is 18.4 Å². The minimum atomic E-state index is -3.16. The summed E-state index contributed by atoms with van der Waals surface area (Å²) in [6, 6.07) is 6.60. The van der Waals surface area contributed by atoms with Gasteiger partial charge < -0.3 is 10.6 Å². The van der Waals surface area contributed by atoms with Crippen molar-refractivity contribution in [2.75, 3.05) is 19.3 Å². The van der Waals surface area contributed by atoms with Gasteiger partial charge in [-0.3, -0.25) is 4.79 Å². The zero-order valence-electron chi connectivity index (χ0n) is 12.0. The minimum Gasteiger partial charge on any atom is -0.352 e. The van der Waals surface area contributed by atoms with E-state index in [9.17, 15) is 13.2 Å². The number of sulfone groups is 1. The van der Waals surface area contributed by atoms with Crippen molar-refractivity contribution in [2.24, 2.45) is 5.92 Å². The largest absolute Gasteiger partial charge is 0.352 e. The van der Waals surface area contributed by atoms with Crippen LogP contribution >= 0.6 is 12.4 Å². The molecule has 5 nitrogen and oxygen atoms in total. The maximum absolute atomic E-state index is 12.0. The number of nitrogens with one attached hydrogen (secondary N) is 2. The summed E-state index contributed by atoms with van der Waals surface area (Å²) in [7, 11) is -3.16. The maximum Gasteiger partial charge on any atom is 0.224 e. The Morgan fingerprint density at radius 3 is 2.52 bits per heavy atom. The van der Waals surface area contributed by atoms with Gasteiger partial charge in [0.15, 0.2) is 9.84 Å². The molecule has 1 aliphatic rings. The van der Waals surface area contributed by atoms with Crippen LogP contribution in [0, 0.1) is 5.92 Å². The minimum absolute atomic E-state index is 0. The van der Waals surface area contributed by atoms with E-state index in [1.807, 2.05) is 0 Å². The number of piperidine rings is 1. The topological polar surface area (TPSA) is 75.3 Å². The zero-order chi connectivity index (χ0) is 14.6. The van der Waals surface area contributed by atoms with Gasteiger partial charge in [0.1, 0.15) is 0 Å². The number of rotatable bonds is 4. The van der Waals surface area contributed by atoms with Crippen molar-refractivity contribution in [2.45, 2.75) is 24.3 Å². The number of carbonyl (C=O) groups excluding carboxylic acids is 1. The Balaban J connectivity index is 0.00000220. The molecule has 7 heteroatoms. The second-order valence-electron chi connectivity index (χ2n) is 5.18. The Morgan fingerprint density at radius 2 is 2.00 bits per heavy atom. The molecule has 21 heavy (non-hydrogen) atoms. The summed E-state index contributed by atoms with van der Waals surface area (Å²) < 4.78 is 22.7. The molecule has 1 aliphatic heterocycles. The van der Waals surface area contributed by atoms with Gasteiger partial charge in [-0.2, -0.15) is 0 Å². The molecule has 1 unspecified atom stereocenters. The van der Waals surface area contributed by atoms with Crippen molar-refractivity contribution in [1.29, 1.82) is 0 Å². The van der Waals surface area contributed by atoms with Gasteiger partial charge in [-0.25, -0.2) is 8.42 Å². The average Bonchev–Trinajstić information content (AvgIpc) is 2.45. The Bertz CT molecular complexity index is 566. The molecule has 1 saturated heterocycles.